The number of nitrogens with one attached hydrogen (secondary N) is 1. The first-order chi connectivity index (χ1) is 14.5. The summed E-state index contributed by atoms with van der Waals surface area (Å²) in [6.07, 6.45) is 3.99. The van der Waals surface area contributed by atoms with E-state index >= 15 is 0 Å². The molecule has 9 heteroatoms. The summed E-state index contributed by atoms with van der Waals surface area (Å²) in [6.45, 7) is 5.45. The van der Waals surface area contributed by atoms with Crippen molar-refractivity contribution in [3.63, 3.8) is 0 Å². The molecule has 0 bridgehead atoms. The number of nitrogens with zero attached hydrogens (tertiary/aromatic N) is 5. The van der Waals surface area contributed by atoms with Gasteiger partial charge in [-0.15, -0.1) is 11.3 Å². The fourth-order valence-corrected chi connectivity index (χ4v) is 4.95. The number of thiazole rings is 1. The number of hydrogen-bond acceptors (Lipinski definition) is 7. The molecule has 2 aliphatic rings. The van der Waals surface area contributed by atoms with Gasteiger partial charge in [-0.1, -0.05) is 0 Å². The van der Waals surface area contributed by atoms with Crippen LogP contribution in [0.4, 0.5) is 5.82 Å². The Balaban J connectivity index is 1.56. The summed E-state index contributed by atoms with van der Waals surface area (Å²) < 4.78 is 0. The third-order valence-corrected chi connectivity index (χ3v) is 6.69. The third-order valence-electron chi connectivity index (χ3n) is 5.87. The van der Waals surface area contributed by atoms with Crippen LogP contribution < -0.4 is 5.32 Å². The van der Waals surface area contributed by atoms with Crippen LogP contribution in [-0.4, -0.2) is 56.7 Å². The van der Waals surface area contributed by atoms with Gasteiger partial charge in [-0.05, 0) is 26.2 Å². The summed E-state index contributed by atoms with van der Waals surface area (Å²) in [6, 6.07) is -0.0683. The number of amides is 2. The molecule has 2 aromatic heterocycles. The zero-order chi connectivity index (χ0) is 21.3. The molecule has 0 unspecified atom stereocenters. The Bertz CT molecular complexity index is 942. The van der Waals surface area contributed by atoms with Crippen molar-refractivity contribution in [1.29, 1.82) is 0 Å². The Morgan fingerprint density at radius 3 is 2.77 bits per heavy atom. The van der Waals surface area contributed by atoms with Crippen LogP contribution in [-0.2, 0) is 29.0 Å². The average Bonchev–Trinajstić information content (AvgIpc) is 3.16. The maximum absolute atomic E-state index is 12.8. The minimum Gasteiger partial charge on any atom is -0.373 e. The van der Waals surface area contributed by atoms with E-state index in [1.54, 1.807) is 18.3 Å². The maximum atomic E-state index is 12.8. The Hall–Kier alpha value is -2.55. The molecule has 4 rings (SSSR count). The largest absolute Gasteiger partial charge is 0.373 e. The molecule has 0 radical (unpaired) electrons. The molecule has 1 atom stereocenters. The number of aryl methyl sites for hydroxylation is 1. The first-order valence-corrected chi connectivity index (χ1v) is 11.4. The molecule has 0 aliphatic carbocycles. The number of carbonyl (C=O) groups is 2. The second-order valence-electron chi connectivity index (χ2n) is 7.93. The predicted octanol–water partition coefficient (Wildman–Crippen LogP) is 2.48. The lowest BCUT2D eigenvalue weighted by atomic mass is 10.00. The lowest BCUT2D eigenvalue weighted by Crippen LogP contribution is -2.40. The molecule has 1 saturated heterocycles. The summed E-state index contributed by atoms with van der Waals surface area (Å²) in [5.74, 6) is 1.62. The molecule has 0 aromatic carbocycles. The number of rotatable bonds is 4. The van der Waals surface area contributed by atoms with E-state index in [-0.39, 0.29) is 17.9 Å². The molecular formula is C21H28N6O2S. The van der Waals surface area contributed by atoms with Crippen LogP contribution in [0.5, 0.6) is 0 Å². The topological polar surface area (TPSA) is 91.3 Å². The van der Waals surface area contributed by atoms with Crippen molar-refractivity contribution in [1.82, 2.24) is 24.8 Å². The smallest absolute Gasteiger partial charge is 0.228 e. The van der Waals surface area contributed by atoms with Crippen LogP contribution in [0.2, 0.25) is 0 Å². The van der Waals surface area contributed by atoms with Crippen molar-refractivity contribution < 1.29 is 9.59 Å². The van der Waals surface area contributed by atoms with Crippen molar-refractivity contribution >= 4 is 29.0 Å². The Labute approximate surface area is 180 Å². The van der Waals surface area contributed by atoms with Crippen LogP contribution in [0.25, 0.3) is 0 Å². The van der Waals surface area contributed by atoms with Crippen molar-refractivity contribution in [3.05, 3.63) is 33.2 Å². The van der Waals surface area contributed by atoms with E-state index < -0.39 is 0 Å². The second kappa shape index (κ2) is 8.67. The van der Waals surface area contributed by atoms with Crippen molar-refractivity contribution in [2.45, 2.75) is 58.5 Å². The van der Waals surface area contributed by atoms with Crippen molar-refractivity contribution in [2.75, 3.05) is 25.5 Å². The van der Waals surface area contributed by atoms with E-state index in [9.17, 15) is 9.59 Å². The Morgan fingerprint density at radius 2 is 2.07 bits per heavy atom. The monoisotopic (exact) mass is 428 g/mol. The molecule has 160 valence electrons. The molecule has 8 nitrogen and oxygen atoms in total. The van der Waals surface area contributed by atoms with Gasteiger partial charge in [-0.2, -0.15) is 0 Å². The van der Waals surface area contributed by atoms with Gasteiger partial charge in [0.05, 0.1) is 35.4 Å². The van der Waals surface area contributed by atoms with Gasteiger partial charge >= 0.3 is 0 Å². The van der Waals surface area contributed by atoms with E-state index in [1.807, 2.05) is 29.2 Å². The summed E-state index contributed by atoms with van der Waals surface area (Å²) in [4.78, 5) is 42.7. The quantitative estimate of drug-likeness (QED) is 0.805. The molecule has 2 aromatic rings. The number of likely N-dealkylation sites (tertiary alicyclic amines) is 1. The SMILES string of the molecule is CNc1nc([C@H]2CCCCN2C(C)=O)nc2c1CN(C(=O)Cc1csc(C)n1)CC2. The van der Waals surface area contributed by atoms with Crippen LogP contribution in [0.15, 0.2) is 5.38 Å². The van der Waals surface area contributed by atoms with Gasteiger partial charge in [0.1, 0.15) is 5.82 Å². The average molecular weight is 429 g/mol. The Kier molecular flexibility index (Phi) is 5.99. The third kappa shape index (κ3) is 4.16. The summed E-state index contributed by atoms with van der Waals surface area (Å²) in [7, 11) is 1.84. The summed E-state index contributed by atoms with van der Waals surface area (Å²) >= 11 is 1.57. The highest BCUT2D eigenvalue weighted by Gasteiger charge is 2.31. The number of carbonyl (C=O) groups excluding carboxylic acids is 2. The lowest BCUT2D eigenvalue weighted by Gasteiger charge is -2.35. The van der Waals surface area contributed by atoms with Crippen LogP contribution in [0.3, 0.4) is 0 Å². The normalized spacial score (nSPS) is 18.8. The van der Waals surface area contributed by atoms with Gasteiger partial charge in [0.25, 0.3) is 0 Å². The minimum absolute atomic E-state index is 0.0683. The van der Waals surface area contributed by atoms with Gasteiger partial charge in [-0.3, -0.25) is 9.59 Å². The van der Waals surface area contributed by atoms with Crippen LogP contribution >= 0.6 is 11.3 Å². The first kappa shape index (κ1) is 20.7. The standard InChI is InChI=1S/C21H28N6O2S/c1-13-23-15(12-30-13)10-19(29)26-9-7-17-16(11-26)20(22-3)25-21(24-17)18-6-4-5-8-27(18)14(2)28/h12,18H,4-11H2,1-3H3,(H,22,24,25)/t18-/m1/s1. The van der Waals surface area contributed by atoms with Crippen molar-refractivity contribution in [3.8, 4) is 0 Å². The van der Waals surface area contributed by atoms with E-state index in [4.69, 9.17) is 9.97 Å². The van der Waals surface area contributed by atoms with Gasteiger partial charge in [0, 0.05) is 44.4 Å². The highest BCUT2D eigenvalue weighted by molar-refractivity contribution is 7.09. The van der Waals surface area contributed by atoms with Gasteiger partial charge in [-0.25, -0.2) is 15.0 Å². The number of hydrogen-bond donors (Lipinski definition) is 1. The fourth-order valence-electron chi connectivity index (χ4n) is 4.33. The van der Waals surface area contributed by atoms with E-state index in [1.165, 1.54) is 0 Å². The number of aromatic nitrogens is 3. The van der Waals surface area contributed by atoms with Crippen molar-refractivity contribution in [2.24, 2.45) is 0 Å². The zero-order valence-electron chi connectivity index (χ0n) is 17.8. The molecule has 0 saturated carbocycles. The fraction of sp³-hybridized carbons (Fsp3) is 0.571. The second-order valence-corrected chi connectivity index (χ2v) is 8.99. The minimum atomic E-state index is -0.0683. The molecule has 0 spiro atoms. The van der Waals surface area contributed by atoms with Crippen LogP contribution in [0.1, 0.15) is 60.0 Å². The van der Waals surface area contributed by atoms with Gasteiger partial charge in [0.15, 0.2) is 5.82 Å². The van der Waals surface area contributed by atoms with E-state index in [0.29, 0.717) is 31.8 Å². The van der Waals surface area contributed by atoms with E-state index in [2.05, 4.69) is 10.3 Å². The summed E-state index contributed by atoms with van der Waals surface area (Å²) in [5.41, 5.74) is 2.78. The van der Waals surface area contributed by atoms with E-state index in [0.717, 1.165) is 53.6 Å². The number of anilines is 1. The molecule has 2 amide bonds. The molecule has 30 heavy (non-hydrogen) atoms. The molecule has 2 aliphatic heterocycles. The number of piperidine rings is 1. The first-order valence-electron chi connectivity index (χ1n) is 10.5. The highest BCUT2D eigenvalue weighted by atomic mass is 32.1. The zero-order valence-corrected chi connectivity index (χ0v) is 18.6. The highest BCUT2D eigenvalue weighted by Crippen LogP contribution is 2.32. The molecule has 1 fully saturated rings. The molecule has 4 heterocycles. The van der Waals surface area contributed by atoms with Gasteiger partial charge in [0.2, 0.25) is 11.8 Å². The lowest BCUT2D eigenvalue weighted by molar-refractivity contribution is -0.133. The van der Waals surface area contributed by atoms with Crippen LogP contribution in [0, 0.1) is 6.92 Å². The summed E-state index contributed by atoms with van der Waals surface area (Å²) in [5, 5.41) is 6.11. The molecular weight excluding hydrogens is 400 g/mol. The maximum Gasteiger partial charge on any atom is 0.228 e. The van der Waals surface area contributed by atoms with Gasteiger partial charge < -0.3 is 15.1 Å². The number of fused-ring (bicyclic) bond motifs is 1. The predicted molar refractivity (Wildman–Crippen MR) is 115 cm³/mol. The molecule has 1 N–H and O–H groups in total. The Morgan fingerprint density at radius 1 is 1.23 bits per heavy atom.